The minimum Gasteiger partial charge on any atom is -0.479 e. The molecule has 0 aromatic carbocycles. The maximum Gasteiger partial charge on any atom is 0.397 e. The zero-order valence-corrected chi connectivity index (χ0v) is 57.4. The van der Waals surface area contributed by atoms with E-state index >= 15 is 0 Å². The maximum atomic E-state index is 13.2. The Kier molecular flexibility index (Phi) is 29.1. The second-order valence-corrected chi connectivity index (χ2v) is 31.4. The SMILES string of the molecule is O=C(O)C1=C[C@H](O)[C@@H](OS(=O)(=O)O)[C@@H](O[C@H]2[C@H](O)[C@@H](NS(=O)(=O)O)[C@@H](O[C@H]3[C@H](O)[C@@H](OS(=O)(=O)O)[C@H](O[C@H]4[C@H](O)[C@@H](NS(=O)(=O)O)[C@@H](O[C@H]5[C@H](O)[C@@H](OS(=O)(=O)O)[C@H](O[C@H]6[C@H](O)[C@@H](NS(=O)(=O)O)[C@@H](O)O[C@@H]6COS(=O)(=O)O)O[C@H]5C(=O)O)O[C@@H]4COS(=O)(=O)O)O[C@H]3C(=O)O)O[C@@H]2COS(=O)(=O)O)O1. The molecule has 6 aliphatic heterocycles. The fourth-order valence-electron chi connectivity index (χ4n) is 10.2. The van der Waals surface area contributed by atoms with E-state index in [0.29, 0.717) is 0 Å². The summed E-state index contributed by atoms with van der Waals surface area (Å²) >= 11 is 0. The van der Waals surface area contributed by atoms with Gasteiger partial charge < -0.3 is 103 Å². The molecule has 0 radical (unpaired) electrons. The number of hydrogen-bond donors (Lipinski definition) is 22. The van der Waals surface area contributed by atoms with Crippen molar-refractivity contribution in [2.45, 2.75) is 172 Å². The summed E-state index contributed by atoms with van der Waals surface area (Å²) in [6.07, 6.45) is -75.9. The highest BCUT2D eigenvalue weighted by molar-refractivity contribution is 7.84. The molecule has 0 amide bonds. The molecule has 0 unspecified atom stereocenters. The normalized spacial score (nSPS) is 38.1. The number of nitrogens with one attached hydrogen (secondary N) is 3. The summed E-state index contributed by atoms with van der Waals surface area (Å²) in [5.74, 6) is -8.65. The molecule has 5 fully saturated rings. The number of carbonyl (C=O) groups is 3. The van der Waals surface area contributed by atoms with Gasteiger partial charge in [-0.15, -0.1) is 0 Å². The van der Waals surface area contributed by atoms with Gasteiger partial charge in [-0.2, -0.15) is 89.9 Å². The van der Waals surface area contributed by atoms with Crippen molar-refractivity contribution in [2.75, 3.05) is 19.8 Å². The Bertz CT molecular complexity index is 4220. The third kappa shape index (κ3) is 26.1. The summed E-state index contributed by atoms with van der Waals surface area (Å²) in [6, 6.07) is -8.77. The van der Waals surface area contributed by atoms with Gasteiger partial charge in [0.2, 0.25) is 12.0 Å². The summed E-state index contributed by atoms with van der Waals surface area (Å²) in [7, 11) is -53.4. The predicted molar refractivity (Wildman–Crippen MR) is 299 cm³/mol. The van der Waals surface area contributed by atoms with Crippen LogP contribution < -0.4 is 14.2 Å². The van der Waals surface area contributed by atoms with E-state index in [0.717, 1.165) is 9.44 Å². The molecule has 612 valence electrons. The average Bonchev–Trinajstić information content (AvgIpc) is 0.763. The van der Waals surface area contributed by atoms with Crippen LogP contribution in [0.2, 0.25) is 0 Å². The number of aliphatic hydroxyl groups is 7. The van der Waals surface area contributed by atoms with E-state index < -0.39 is 309 Å². The number of ether oxygens (including phenoxy) is 11. The van der Waals surface area contributed by atoms with Crippen molar-refractivity contribution >= 4 is 111 Å². The second kappa shape index (κ2) is 34.0. The quantitative estimate of drug-likeness (QED) is 0.0266. The van der Waals surface area contributed by atoms with E-state index in [1.54, 1.807) is 0 Å². The first-order chi connectivity index (χ1) is 47.5. The van der Waals surface area contributed by atoms with Crippen molar-refractivity contribution in [2.24, 2.45) is 0 Å². The van der Waals surface area contributed by atoms with Gasteiger partial charge in [-0.3, -0.25) is 41.0 Å². The summed E-state index contributed by atoms with van der Waals surface area (Å²) in [5, 5.41) is 110. The third-order valence-electron chi connectivity index (χ3n) is 14.1. The molecule has 22 N–H and O–H groups in total. The molecule has 0 bridgehead atoms. The van der Waals surface area contributed by atoms with Crippen LogP contribution in [0.1, 0.15) is 0 Å². The lowest BCUT2D eigenvalue weighted by molar-refractivity contribution is -0.374. The summed E-state index contributed by atoms with van der Waals surface area (Å²) < 4.78 is 391. The Balaban J connectivity index is 1.41. The Morgan fingerprint density at radius 3 is 0.952 bits per heavy atom. The minimum absolute atomic E-state index is 0.198. The van der Waals surface area contributed by atoms with Gasteiger partial charge in [0, 0.05) is 0 Å². The number of carboxylic acid groups (broad SMARTS) is 3. The molecule has 6 heterocycles. The van der Waals surface area contributed by atoms with E-state index in [1.807, 2.05) is 0 Å². The Labute approximate surface area is 585 Å². The molecule has 60 nitrogen and oxygen atoms in total. The van der Waals surface area contributed by atoms with Crippen molar-refractivity contribution in [3.8, 4) is 0 Å². The number of aliphatic carboxylic acids is 3. The van der Waals surface area contributed by atoms with Crippen LogP contribution in [0.4, 0.5) is 0 Å². The molecule has 6 rings (SSSR count). The first kappa shape index (κ1) is 90.0. The monoisotopic (exact) mass is 1730 g/mol. The van der Waals surface area contributed by atoms with Crippen LogP contribution in [0.25, 0.3) is 0 Å². The lowest BCUT2D eigenvalue weighted by Crippen LogP contribution is -2.71. The van der Waals surface area contributed by atoms with Crippen LogP contribution in [0.3, 0.4) is 0 Å². The van der Waals surface area contributed by atoms with Crippen LogP contribution >= 0.6 is 0 Å². The first-order valence-corrected chi connectivity index (χ1v) is 39.5. The minimum atomic E-state index is -6.33. The fraction of sp³-hybridized carbons (Fsp3) is 0.861. The van der Waals surface area contributed by atoms with Gasteiger partial charge in [0.25, 0.3) is 0 Å². The Morgan fingerprint density at radius 2 is 0.648 bits per heavy atom. The van der Waals surface area contributed by atoms with Gasteiger partial charge in [0.05, 0.1) is 19.8 Å². The molecule has 5 saturated heterocycles. The van der Waals surface area contributed by atoms with Crippen molar-refractivity contribution in [3.63, 3.8) is 0 Å². The third-order valence-corrected chi connectivity index (χ3v) is 18.5. The number of carboxylic acids is 3. The zero-order chi connectivity index (χ0) is 79.9. The topological polar surface area (TPSA) is 936 Å². The van der Waals surface area contributed by atoms with Crippen molar-refractivity contribution in [1.82, 2.24) is 14.2 Å². The van der Waals surface area contributed by atoms with E-state index in [9.17, 15) is 182 Å². The molecule has 105 heavy (non-hydrogen) atoms. The van der Waals surface area contributed by atoms with Crippen LogP contribution in [0.15, 0.2) is 11.8 Å². The summed E-state index contributed by atoms with van der Waals surface area (Å²) in [6.45, 7) is -5.55. The molecule has 0 aromatic heterocycles. The van der Waals surface area contributed by atoms with Gasteiger partial charge in [-0.05, 0) is 6.08 Å². The van der Waals surface area contributed by atoms with Gasteiger partial charge in [-0.25, -0.2) is 39.5 Å². The highest BCUT2D eigenvalue weighted by Crippen LogP contribution is 2.39. The summed E-state index contributed by atoms with van der Waals surface area (Å²) in [4.78, 5) is 38.0. The van der Waals surface area contributed by atoms with Gasteiger partial charge in [-0.1, -0.05) is 0 Å². The molecule has 28 atom stereocenters. The van der Waals surface area contributed by atoms with Crippen molar-refractivity contribution in [3.05, 3.63) is 11.8 Å². The molecule has 0 spiro atoms. The predicted octanol–water partition coefficient (Wildman–Crippen LogP) is -15.5. The van der Waals surface area contributed by atoms with Gasteiger partial charge in [0.1, 0.15) is 104 Å². The smallest absolute Gasteiger partial charge is 0.397 e. The molecule has 0 aliphatic carbocycles. The van der Waals surface area contributed by atoms with Crippen LogP contribution in [-0.4, -0.2) is 377 Å². The lowest BCUT2D eigenvalue weighted by Gasteiger charge is -2.50. The number of hydrogen-bond acceptors (Lipinski definition) is 45. The van der Waals surface area contributed by atoms with E-state index in [4.69, 9.17) is 52.1 Å². The Hall–Kier alpha value is -3.90. The first-order valence-electron chi connectivity index (χ1n) is 26.9. The number of rotatable bonds is 34. The largest absolute Gasteiger partial charge is 0.479 e. The maximum absolute atomic E-state index is 13.2. The zero-order valence-electron chi connectivity index (χ0n) is 50.0. The highest BCUT2D eigenvalue weighted by atomic mass is 32.3. The van der Waals surface area contributed by atoms with Crippen molar-refractivity contribution < 1.29 is 259 Å². The Morgan fingerprint density at radius 1 is 0.352 bits per heavy atom. The molecule has 0 saturated carbocycles. The summed E-state index contributed by atoms with van der Waals surface area (Å²) in [5.41, 5.74) is 0. The average molecular weight is 1730 g/mol. The van der Waals surface area contributed by atoms with E-state index in [1.165, 1.54) is 4.72 Å². The van der Waals surface area contributed by atoms with Crippen LogP contribution in [0, 0.1) is 0 Å². The second-order valence-electron chi connectivity index (χ2n) is 21.4. The van der Waals surface area contributed by atoms with Crippen LogP contribution in [0.5, 0.6) is 0 Å². The molecule has 0 aromatic rings. The standard InChI is InChI=1S/C36H57N3O57S9/c40-5-1-6(28(46)47)84-34(18(5)94-103(71,72)73)87-20-8(3-81-101(65,66)67)85-32(11(14(20)42)38-98(56,57)58)90-23-17(45)25(96-105(77,78)79)36(93-27(23)30(50)51)89-21-9(4-82-102(68,69)70)86-33(12(15(21)43)39-99(59,60)61)91-22-16(44)24(95-104(74,75)76)35(92-26(22)29(48)49)88-19-7(2-80-100(62,63)64)83-31(52)10(13(19)41)37-97(53,54)55/h1,5,7-27,31-45,52H,2-4H2,(H,46,47)(H,48,49)(H,50,51)(H,53,54,55)(H,56,57,58)(H,59,60,61)(H,62,63,64)(H,65,66,67)(H,68,69,70)(H,71,72,73)(H,74,75,76)(H,77,78,79)/t5-,7+,8+,9+,10+,11+,12+,13+,14+,15+,16-,17-,18+,19+,20+,21+,22-,23-,24+,25+,26+,27+,31-,32+,33+,34+,35+,36+/m0/s1. The number of aliphatic hydroxyl groups excluding tert-OH is 7. The van der Waals surface area contributed by atoms with E-state index in [2.05, 4.69) is 25.1 Å². The molecular formula is C36H57N3O57S9. The van der Waals surface area contributed by atoms with E-state index in [-0.39, 0.29) is 6.08 Å². The van der Waals surface area contributed by atoms with Crippen LogP contribution in [-0.2, 0) is 185 Å². The highest BCUT2D eigenvalue weighted by Gasteiger charge is 2.62. The fourth-order valence-corrected chi connectivity index (χ4v) is 14.4. The molecular weight excluding hydrogens is 1670 g/mol. The van der Waals surface area contributed by atoms with Crippen molar-refractivity contribution in [1.29, 1.82) is 0 Å². The van der Waals surface area contributed by atoms with Gasteiger partial charge >= 0.3 is 111 Å². The van der Waals surface area contributed by atoms with Gasteiger partial charge in [0.15, 0.2) is 62.0 Å². The lowest BCUT2D eigenvalue weighted by atomic mass is 9.94. The molecule has 6 aliphatic rings. The molecule has 69 heteroatoms.